The van der Waals surface area contributed by atoms with Crippen molar-refractivity contribution in [1.29, 1.82) is 0 Å². The Hall–Kier alpha value is -1.10. The first kappa shape index (κ1) is 16.0. The molecule has 4 nitrogen and oxygen atoms in total. The van der Waals surface area contributed by atoms with E-state index < -0.39 is 25.9 Å². The Morgan fingerprint density at radius 1 is 1.21 bits per heavy atom. The van der Waals surface area contributed by atoms with E-state index in [2.05, 4.69) is 25.3 Å². The van der Waals surface area contributed by atoms with Crippen molar-refractivity contribution in [1.82, 2.24) is 0 Å². The molecule has 1 atom stereocenters. The Morgan fingerprint density at radius 3 is 2.16 bits per heavy atom. The predicted molar refractivity (Wildman–Crippen MR) is 76.3 cm³/mol. The minimum absolute atomic E-state index is 0.0494. The van der Waals surface area contributed by atoms with Crippen LogP contribution >= 0.6 is 0 Å². The van der Waals surface area contributed by atoms with Gasteiger partial charge in [-0.1, -0.05) is 30.9 Å². The van der Waals surface area contributed by atoms with Gasteiger partial charge in [-0.25, -0.2) is 0 Å². The Balaban J connectivity index is 3.04. The quantitative estimate of drug-likeness (QED) is 0.452. The Bertz CT molecular complexity index is 365. The Labute approximate surface area is 116 Å². The van der Waals surface area contributed by atoms with Crippen molar-refractivity contribution in [2.75, 3.05) is 14.2 Å². The molecule has 1 saturated carbocycles. The zero-order valence-corrected chi connectivity index (χ0v) is 13.5. The smallest absolute Gasteiger partial charge is 0.320 e. The van der Waals surface area contributed by atoms with Gasteiger partial charge in [-0.05, 0) is 19.3 Å². The molecule has 0 spiro atoms. The standard InChI is InChI=1S/C14H24O4Si/c1-17-13(15)12(14(16)18-2)11-8-6-7-10(11)9-19(3,4)5/h9,11-12H,6-8H2,1-5H3/b10-9+. The lowest BCUT2D eigenvalue weighted by Gasteiger charge is -2.22. The highest BCUT2D eigenvalue weighted by molar-refractivity contribution is 6.81. The first-order chi connectivity index (χ1) is 8.80. The van der Waals surface area contributed by atoms with Crippen molar-refractivity contribution in [3.8, 4) is 0 Å². The normalized spacial score (nSPS) is 21.8. The topological polar surface area (TPSA) is 52.6 Å². The summed E-state index contributed by atoms with van der Waals surface area (Å²) in [6.45, 7) is 6.75. The number of carbonyl (C=O) groups is 2. The number of allylic oxidation sites excluding steroid dienone is 1. The molecule has 0 aromatic rings. The van der Waals surface area contributed by atoms with Gasteiger partial charge >= 0.3 is 11.9 Å². The molecule has 0 radical (unpaired) electrons. The average molecular weight is 284 g/mol. The molecular formula is C14H24O4Si. The molecule has 1 rings (SSSR count). The second-order valence-corrected chi connectivity index (χ2v) is 11.1. The fourth-order valence-electron chi connectivity index (χ4n) is 2.69. The number of carbonyl (C=O) groups excluding carboxylic acids is 2. The van der Waals surface area contributed by atoms with Gasteiger partial charge in [0.1, 0.15) is 0 Å². The summed E-state index contributed by atoms with van der Waals surface area (Å²) in [4.78, 5) is 23.7. The van der Waals surface area contributed by atoms with Gasteiger partial charge in [0.05, 0.1) is 22.3 Å². The molecule has 0 amide bonds. The first-order valence-electron chi connectivity index (χ1n) is 6.67. The molecule has 0 saturated heterocycles. The number of methoxy groups -OCH3 is 2. The van der Waals surface area contributed by atoms with Gasteiger partial charge in [-0.15, -0.1) is 0 Å². The molecule has 0 aromatic heterocycles. The van der Waals surface area contributed by atoms with Crippen molar-refractivity contribution in [3.63, 3.8) is 0 Å². The third-order valence-corrected chi connectivity index (χ3v) is 4.62. The zero-order valence-electron chi connectivity index (χ0n) is 12.5. The summed E-state index contributed by atoms with van der Waals surface area (Å²) >= 11 is 0. The minimum Gasteiger partial charge on any atom is -0.468 e. The van der Waals surface area contributed by atoms with Crippen molar-refractivity contribution >= 4 is 20.0 Å². The van der Waals surface area contributed by atoms with Crippen molar-refractivity contribution < 1.29 is 19.1 Å². The number of rotatable bonds is 4. The SMILES string of the molecule is COC(=O)C(C(=O)OC)C1CCC/C1=C\[Si](C)(C)C. The summed E-state index contributed by atoms with van der Waals surface area (Å²) < 4.78 is 9.54. The van der Waals surface area contributed by atoms with E-state index in [1.54, 1.807) is 0 Å². The molecule has 0 aliphatic heterocycles. The van der Waals surface area contributed by atoms with Crippen LogP contribution in [0.5, 0.6) is 0 Å². The van der Waals surface area contributed by atoms with Gasteiger partial charge in [-0.3, -0.25) is 9.59 Å². The maximum Gasteiger partial charge on any atom is 0.320 e. The van der Waals surface area contributed by atoms with Gasteiger partial charge in [0.25, 0.3) is 0 Å². The summed E-state index contributed by atoms with van der Waals surface area (Å²) in [5.74, 6) is -1.83. The highest BCUT2D eigenvalue weighted by atomic mass is 28.3. The molecule has 19 heavy (non-hydrogen) atoms. The molecule has 1 aliphatic rings. The molecule has 0 N–H and O–H groups in total. The van der Waals surface area contributed by atoms with E-state index in [9.17, 15) is 9.59 Å². The largest absolute Gasteiger partial charge is 0.468 e. The molecule has 108 valence electrons. The van der Waals surface area contributed by atoms with Gasteiger partial charge in [0.2, 0.25) is 0 Å². The molecule has 1 aliphatic carbocycles. The van der Waals surface area contributed by atoms with Crippen molar-refractivity contribution in [3.05, 3.63) is 11.3 Å². The fraction of sp³-hybridized carbons (Fsp3) is 0.714. The van der Waals surface area contributed by atoms with Crippen LogP contribution in [-0.4, -0.2) is 34.2 Å². The molecule has 5 heteroatoms. The van der Waals surface area contributed by atoms with Crippen molar-refractivity contribution in [2.24, 2.45) is 11.8 Å². The minimum atomic E-state index is -1.37. The van der Waals surface area contributed by atoms with Gasteiger partial charge < -0.3 is 9.47 Å². The fourth-order valence-corrected chi connectivity index (χ4v) is 4.16. The second-order valence-electron chi connectivity index (χ2n) is 6.11. The van der Waals surface area contributed by atoms with Crippen LogP contribution in [0.2, 0.25) is 19.6 Å². The molecule has 1 fully saturated rings. The molecule has 0 heterocycles. The number of ether oxygens (including phenoxy) is 2. The van der Waals surface area contributed by atoms with E-state index in [-0.39, 0.29) is 5.92 Å². The van der Waals surface area contributed by atoms with Crippen molar-refractivity contribution in [2.45, 2.75) is 38.9 Å². The third kappa shape index (κ3) is 4.20. The maximum absolute atomic E-state index is 11.9. The lowest BCUT2D eigenvalue weighted by Crippen LogP contribution is -2.33. The van der Waals surface area contributed by atoms with Crippen LogP contribution in [-0.2, 0) is 19.1 Å². The average Bonchev–Trinajstić information content (AvgIpc) is 2.74. The highest BCUT2D eigenvalue weighted by Crippen LogP contribution is 2.38. The summed E-state index contributed by atoms with van der Waals surface area (Å²) in [5, 5.41) is 0. The van der Waals surface area contributed by atoms with E-state index in [1.165, 1.54) is 19.8 Å². The molecule has 0 bridgehead atoms. The summed E-state index contributed by atoms with van der Waals surface area (Å²) in [5.41, 5.74) is 3.55. The lowest BCUT2D eigenvalue weighted by atomic mass is 9.88. The van der Waals surface area contributed by atoms with E-state index in [4.69, 9.17) is 9.47 Å². The van der Waals surface area contributed by atoms with E-state index in [0.29, 0.717) is 0 Å². The van der Waals surface area contributed by atoms with E-state index >= 15 is 0 Å². The third-order valence-electron chi connectivity index (χ3n) is 3.39. The van der Waals surface area contributed by atoms with E-state index in [0.717, 1.165) is 19.3 Å². The van der Waals surface area contributed by atoms with Crippen LogP contribution in [0.25, 0.3) is 0 Å². The number of hydrogen-bond donors (Lipinski definition) is 0. The van der Waals surface area contributed by atoms with Gasteiger partial charge in [-0.2, -0.15) is 0 Å². The van der Waals surface area contributed by atoms with E-state index in [1.807, 2.05) is 0 Å². The van der Waals surface area contributed by atoms with Crippen LogP contribution in [0, 0.1) is 11.8 Å². The first-order valence-corrected chi connectivity index (χ1v) is 10.2. The molecular weight excluding hydrogens is 260 g/mol. The van der Waals surface area contributed by atoms with Crippen LogP contribution in [0.15, 0.2) is 11.3 Å². The van der Waals surface area contributed by atoms with Crippen LogP contribution in [0.4, 0.5) is 0 Å². The number of esters is 2. The number of hydrogen-bond acceptors (Lipinski definition) is 4. The molecule has 0 aromatic carbocycles. The molecule has 1 unspecified atom stereocenters. The monoisotopic (exact) mass is 284 g/mol. The predicted octanol–water partition coefficient (Wildman–Crippen LogP) is 2.55. The summed E-state index contributed by atoms with van der Waals surface area (Å²) in [6.07, 6.45) is 2.84. The summed E-state index contributed by atoms with van der Waals surface area (Å²) in [6, 6.07) is 0. The lowest BCUT2D eigenvalue weighted by molar-refractivity contribution is -0.160. The maximum atomic E-state index is 11.9. The second kappa shape index (κ2) is 6.37. The Kier molecular flexibility index (Phi) is 5.35. The summed E-state index contributed by atoms with van der Waals surface area (Å²) in [7, 11) is 1.26. The Morgan fingerprint density at radius 2 is 1.74 bits per heavy atom. The highest BCUT2D eigenvalue weighted by Gasteiger charge is 2.41. The zero-order chi connectivity index (χ0) is 14.6. The van der Waals surface area contributed by atoms with Crippen LogP contribution in [0.1, 0.15) is 19.3 Å². The van der Waals surface area contributed by atoms with Crippen LogP contribution < -0.4 is 0 Å². The van der Waals surface area contributed by atoms with Crippen LogP contribution in [0.3, 0.4) is 0 Å². The van der Waals surface area contributed by atoms with Gasteiger partial charge in [0, 0.05) is 5.92 Å². The van der Waals surface area contributed by atoms with Gasteiger partial charge in [0.15, 0.2) is 5.92 Å².